The Morgan fingerprint density at radius 3 is 3.05 bits per heavy atom. The average Bonchev–Trinajstić information content (AvgIpc) is 2.91. The van der Waals surface area contributed by atoms with Crippen molar-refractivity contribution >= 4 is 33.3 Å². The summed E-state index contributed by atoms with van der Waals surface area (Å²) in [5, 5.41) is 12.9. The minimum Gasteiger partial charge on any atom is -0.337 e. The van der Waals surface area contributed by atoms with Crippen molar-refractivity contribution in [3.05, 3.63) is 54.5 Å². The van der Waals surface area contributed by atoms with Crippen LogP contribution >= 0.6 is 0 Å². The summed E-state index contributed by atoms with van der Waals surface area (Å²) < 4.78 is 0. The Morgan fingerprint density at radius 1 is 1.14 bits per heavy atom. The predicted octanol–water partition coefficient (Wildman–Crippen LogP) is 3.56. The van der Waals surface area contributed by atoms with Crippen LogP contribution in [0.15, 0.2) is 48.9 Å². The average molecular weight is 275 g/mol. The molecule has 0 spiro atoms. The fraction of sp³-hybridized carbons (Fsp3) is 0.0625. The first-order valence-electron chi connectivity index (χ1n) is 6.72. The number of benzene rings is 1. The van der Waals surface area contributed by atoms with Gasteiger partial charge in [-0.3, -0.25) is 15.1 Å². The minimum atomic E-state index is 0.735. The van der Waals surface area contributed by atoms with E-state index in [9.17, 15) is 0 Å². The van der Waals surface area contributed by atoms with E-state index in [1.165, 1.54) is 5.56 Å². The lowest BCUT2D eigenvalue weighted by atomic mass is 10.1. The maximum Gasteiger partial charge on any atom is 0.178 e. The van der Waals surface area contributed by atoms with Crippen LogP contribution in [0.3, 0.4) is 0 Å². The van der Waals surface area contributed by atoms with Gasteiger partial charge in [0, 0.05) is 29.7 Å². The fourth-order valence-electron chi connectivity index (χ4n) is 2.53. The number of H-pyrrole nitrogens is 1. The van der Waals surface area contributed by atoms with E-state index < -0.39 is 0 Å². The Kier molecular flexibility index (Phi) is 2.57. The number of hydrogen-bond acceptors (Lipinski definition) is 4. The zero-order valence-corrected chi connectivity index (χ0v) is 11.5. The molecule has 0 aliphatic rings. The summed E-state index contributed by atoms with van der Waals surface area (Å²) in [5.41, 5.74) is 3.92. The number of rotatable bonds is 2. The van der Waals surface area contributed by atoms with Gasteiger partial charge in [-0.25, -0.2) is 0 Å². The van der Waals surface area contributed by atoms with E-state index in [0.717, 1.165) is 33.3 Å². The Hall–Kier alpha value is -2.95. The number of pyridine rings is 2. The maximum atomic E-state index is 4.36. The van der Waals surface area contributed by atoms with E-state index in [1.54, 1.807) is 12.4 Å². The van der Waals surface area contributed by atoms with Crippen LogP contribution in [-0.4, -0.2) is 20.2 Å². The van der Waals surface area contributed by atoms with Crippen molar-refractivity contribution < 1.29 is 0 Å². The summed E-state index contributed by atoms with van der Waals surface area (Å²) in [6.07, 6.45) is 5.46. The summed E-state index contributed by atoms with van der Waals surface area (Å²) in [6.45, 7) is 2.08. The van der Waals surface area contributed by atoms with Crippen LogP contribution in [0.25, 0.3) is 21.8 Å². The lowest BCUT2D eigenvalue weighted by Gasteiger charge is -2.08. The van der Waals surface area contributed by atoms with Crippen molar-refractivity contribution in [3.8, 4) is 0 Å². The highest BCUT2D eigenvalue weighted by molar-refractivity contribution is 5.91. The molecule has 5 heteroatoms. The third kappa shape index (κ3) is 1.99. The first-order chi connectivity index (χ1) is 10.3. The Balaban J connectivity index is 1.80. The third-order valence-electron chi connectivity index (χ3n) is 3.55. The van der Waals surface area contributed by atoms with Gasteiger partial charge in [-0.05, 0) is 48.2 Å². The molecule has 0 bridgehead atoms. The Labute approximate surface area is 121 Å². The molecule has 0 fully saturated rings. The number of nitrogens with zero attached hydrogens (tertiary/aromatic N) is 3. The highest BCUT2D eigenvalue weighted by Crippen LogP contribution is 2.26. The van der Waals surface area contributed by atoms with Crippen LogP contribution < -0.4 is 5.32 Å². The van der Waals surface area contributed by atoms with Crippen molar-refractivity contribution in [1.29, 1.82) is 0 Å². The highest BCUT2D eigenvalue weighted by Gasteiger charge is 2.07. The molecule has 3 aromatic heterocycles. The number of nitrogens with one attached hydrogen (secondary N) is 2. The molecule has 21 heavy (non-hydrogen) atoms. The van der Waals surface area contributed by atoms with Gasteiger partial charge in [-0.15, -0.1) is 0 Å². The van der Waals surface area contributed by atoms with Crippen LogP contribution in [0.4, 0.5) is 11.5 Å². The van der Waals surface area contributed by atoms with Crippen LogP contribution in [0, 0.1) is 6.92 Å². The number of aryl methyl sites for hydroxylation is 1. The first kappa shape index (κ1) is 11.8. The number of anilines is 2. The zero-order chi connectivity index (χ0) is 14.2. The van der Waals surface area contributed by atoms with Gasteiger partial charge in [0.1, 0.15) is 5.52 Å². The van der Waals surface area contributed by atoms with Gasteiger partial charge in [0.25, 0.3) is 0 Å². The molecule has 0 aliphatic heterocycles. The third-order valence-corrected chi connectivity index (χ3v) is 3.55. The minimum absolute atomic E-state index is 0.735. The molecule has 2 N–H and O–H groups in total. The molecule has 0 saturated heterocycles. The molecule has 0 saturated carbocycles. The first-order valence-corrected chi connectivity index (χ1v) is 6.72. The van der Waals surface area contributed by atoms with Crippen LogP contribution in [0.1, 0.15) is 5.56 Å². The molecular weight excluding hydrogens is 262 g/mol. The monoisotopic (exact) mass is 275 g/mol. The molecule has 4 aromatic rings. The summed E-state index contributed by atoms with van der Waals surface area (Å²) in [7, 11) is 0. The second-order valence-electron chi connectivity index (χ2n) is 4.99. The van der Waals surface area contributed by atoms with Crippen molar-refractivity contribution in [2.45, 2.75) is 6.92 Å². The Morgan fingerprint density at radius 2 is 2.10 bits per heavy atom. The number of aromatic nitrogens is 4. The van der Waals surface area contributed by atoms with E-state index in [-0.39, 0.29) is 0 Å². The smallest absolute Gasteiger partial charge is 0.178 e. The molecule has 0 atom stereocenters. The lowest BCUT2D eigenvalue weighted by Crippen LogP contribution is -1.93. The molecule has 4 rings (SSSR count). The van der Waals surface area contributed by atoms with Gasteiger partial charge in [0.2, 0.25) is 0 Å². The maximum absolute atomic E-state index is 4.36. The van der Waals surface area contributed by atoms with Crippen molar-refractivity contribution in [2.75, 3.05) is 5.32 Å². The van der Waals surface area contributed by atoms with Crippen LogP contribution in [0.5, 0.6) is 0 Å². The van der Waals surface area contributed by atoms with E-state index in [1.807, 2.05) is 24.4 Å². The molecule has 102 valence electrons. The summed E-state index contributed by atoms with van der Waals surface area (Å²) in [6, 6.07) is 10.0. The van der Waals surface area contributed by atoms with Crippen LogP contribution in [-0.2, 0) is 0 Å². The molecule has 1 aromatic carbocycles. The molecule has 5 nitrogen and oxygen atoms in total. The molecule has 0 unspecified atom stereocenters. The quantitative estimate of drug-likeness (QED) is 0.587. The summed E-state index contributed by atoms with van der Waals surface area (Å²) in [5.74, 6) is 0.735. The van der Waals surface area contributed by atoms with E-state index in [2.05, 4.69) is 44.5 Å². The molecule has 3 heterocycles. The standard InChI is InChI=1S/C16H13N5/c1-10-7-12(8-11-4-6-17-9-13(10)11)19-16-15-14(20-21-16)3-2-5-18-15/h2-9H,1H3,(H2,19,20,21). The number of aromatic amines is 1. The molecule has 0 amide bonds. The molecular formula is C16H13N5. The topological polar surface area (TPSA) is 66.5 Å². The van der Waals surface area contributed by atoms with Gasteiger partial charge < -0.3 is 5.32 Å². The second kappa shape index (κ2) is 4.56. The normalized spacial score (nSPS) is 11.1. The van der Waals surface area contributed by atoms with Gasteiger partial charge >= 0.3 is 0 Å². The van der Waals surface area contributed by atoms with Crippen molar-refractivity contribution in [2.24, 2.45) is 0 Å². The van der Waals surface area contributed by atoms with Crippen LogP contribution in [0.2, 0.25) is 0 Å². The van der Waals surface area contributed by atoms with Crippen molar-refractivity contribution in [3.63, 3.8) is 0 Å². The summed E-state index contributed by atoms with van der Waals surface area (Å²) in [4.78, 5) is 8.53. The van der Waals surface area contributed by atoms with E-state index >= 15 is 0 Å². The Bertz CT molecular complexity index is 942. The molecule has 0 aliphatic carbocycles. The fourth-order valence-corrected chi connectivity index (χ4v) is 2.53. The second-order valence-corrected chi connectivity index (χ2v) is 4.99. The number of hydrogen-bond donors (Lipinski definition) is 2. The van der Waals surface area contributed by atoms with E-state index in [4.69, 9.17) is 0 Å². The summed E-state index contributed by atoms with van der Waals surface area (Å²) >= 11 is 0. The predicted molar refractivity (Wildman–Crippen MR) is 83.7 cm³/mol. The largest absolute Gasteiger partial charge is 0.337 e. The SMILES string of the molecule is Cc1cc(Nc2n[nH]c3cccnc23)cc2ccncc12. The highest BCUT2D eigenvalue weighted by atomic mass is 15.2. The van der Waals surface area contributed by atoms with Crippen molar-refractivity contribution in [1.82, 2.24) is 20.2 Å². The molecule has 0 radical (unpaired) electrons. The lowest BCUT2D eigenvalue weighted by molar-refractivity contribution is 1.12. The zero-order valence-electron chi connectivity index (χ0n) is 11.5. The van der Waals surface area contributed by atoms with Gasteiger partial charge in [-0.1, -0.05) is 0 Å². The number of fused-ring (bicyclic) bond motifs is 2. The van der Waals surface area contributed by atoms with E-state index in [0.29, 0.717) is 0 Å². The van der Waals surface area contributed by atoms with Gasteiger partial charge in [0.15, 0.2) is 5.82 Å². The van der Waals surface area contributed by atoms with Gasteiger partial charge in [-0.2, -0.15) is 5.10 Å². The van der Waals surface area contributed by atoms with Gasteiger partial charge in [0.05, 0.1) is 5.52 Å².